The number of likely N-dealkylation sites (N-methyl/N-ethyl adjacent to an activating group) is 1. The van der Waals surface area contributed by atoms with Gasteiger partial charge in [0.2, 0.25) is 11.7 Å². The molecule has 8 nitrogen and oxygen atoms in total. The van der Waals surface area contributed by atoms with Crippen LogP contribution >= 0.6 is 0 Å². The lowest BCUT2D eigenvalue weighted by Crippen LogP contribution is -2.34. The molecular weight excluding hydrogens is 418 g/mol. The molecule has 32 heavy (non-hydrogen) atoms. The Labute approximate surface area is 182 Å². The molecule has 0 atom stereocenters. The van der Waals surface area contributed by atoms with Gasteiger partial charge in [-0.25, -0.2) is 8.78 Å². The summed E-state index contributed by atoms with van der Waals surface area (Å²) in [5.41, 5.74) is 0.0544. The lowest BCUT2D eigenvalue weighted by atomic mass is 10.2. The first-order chi connectivity index (χ1) is 15.4. The van der Waals surface area contributed by atoms with Gasteiger partial charge in [0.25, 0.3) is 5.56 Å². The van der Waals surface area contributed by atoms with Crippen molar-refractivity contribution in [1.82, 2.24) is 24.1 Å². The number of rotatable bonds is 7. The molecule has 2 heterocycles. The number of hydrogen-bond acceptors (Lipinski definition) is 5. The number of aryl methyl sites for hydroxylation is 1. The van der Waals surface area contributed by atoms with E-state index in [-0.39, 0.29) is 18.6 Å². The standard InChI is InChI=1S/C22H22F2N6O2/c1-3-28(13-19(31)25-20-15(23)9-7-10-16(20)24)12-18-26-27-22-29(4-2)21(32)14-8-5-6-11-17(14)30(18)22/h5-11H,3-4,12-13H2,1-2H3,(H,25,31). The second kappa shape index (κ2) is 8.83. The third kappa shape index (κ3) is 3.84. The maximum atomic E-state index is 13.8. The first-order valence-electron chi connectivity index (χ1n) is 10.3. The Bertz CT molecular complexity index is 1340. The topological polar surface area (TPSA) is 84.5 Å². The van der Waals surface area contributed by atoms with Gasteiger partial charge >= 0.3 is 0 Å². The van der Waals surface area contributed by atoms with Crippen molar-refractivity contribution in [3.8, 4) is 0 Å². The van der Waals surface area contributed by atoms with Crippen molar-refractivity contribution in [2.24, 2.45) is 0 Å². The van der Waals surface area contributed by atoms with Crippen molar-refractivity contribution in [3.63, 3.8) is 0 Å². The fourth-order valence-corrected chi connectivity index (χ4v) is 3.68. The lowest BCUT2D eigenvalue weighted by Gasteiger charge is -2.19. The smallest absolute Gasteiger partial charge is 0.262 e. The molecule has 4 aromatic rings. The minimum atomic E-state index is -0.839. The largest absolute Gasteiger partial charge is 0.320 e. The number of carbonyl (C=O) groups excluding carboxylic acids is 1. The molecule has 0 unspecified atom stereocenters. The number of para-hydroxylation sites is 2. The van der Waals surface area contributed by atoms with E-state index in [4.69, 9.17) is 0 Å². The van der Waals surface area contributed by atoms with E-state index in [2.05, 4.69) is 15.5 Å². The van der Waals surface area contributed by atoms with Crippen LogP contribution in [-0.4, -0.2) is 43.1 Å². The molecule has 0 aliphatic carbocycles. The molecule has 2 aromatic carbocycles. The summed E-state index contributed by atoms with van der Waals surface area (Å²) < 4.78 is 31.0. The second-order valence-corrected chi connectivity index (χ2v) is 7.27. The van der Waals surface area contributed by atoms with E-state index in [9.17, 15) is 18.4 Å². The predicted octanol–water partition coefficient (Wildman–Crippen LogP) is 2.80. The van der Waals surface area contributed by atoms with E-state index in [1.807, 2.05) is 26.0 Å². The van der Waals surface area contributed by atoms with Crippen LogP contribution in [0, 0.1) is 11.6 Å². The first kappa shape index (κ1) is 21.6. The highest BCUT2D eigenvalue weighted by atomic mass is 19.1. The zero-order valence-corrected chi connectivity index (χ0v) is 17.7. The normalized spacial score (nSPS) is 11.5. The fraction of sp³-hybridized carbons (Fsp3) is 0.273. The number of fused-ring (bicyclic) bond motifs is 3. The first-order valence-corrected chi connectivity index (χ1v) is 10.3. The van der Waals surface area contributed by atoms with Crippen LogP contribution < -0.4 is 10.9 Å². The van der Waals surface area contributed by atoms with Gasteiger partial charge in [0.1, 0.15) is 17.3 Å². The van der Waals surface area contributed by atoms with Crippen LogP contribution in [0.15, 0.2) is 47.3 Å². The van der Waals surface area contributed by atoms with E-state index in [1.165, 1.54) is 6.07 Å². The molecular formula is C22H22F2N6O2. The van der Waals surface area contributed by atoms with Gasteiger partial charge in [-0.05, 0) is 37.7 Å². The fourth-order valence-electron chi connectivity index (χ4n) is 3.68. The summed E-state index contributed by atoms with van der Waals surface area (Å²) in [5, 5.41) is 11.3. The van der Waals surface area contributed by atoms with Crippen molar-refractivity contribution < 1.29 is 13.6 Å². The third-order valence-corrected chi connectivity index (χ3v) is 5.30. The number of hydrogen-bond donors (Lipinski definition) is 1. The third-order valence-electron chi connectivity index (χ3n) is 5.30. The average molecular weight is 440 g/mol. The molecule has 10 heteroatoms. The number of nitrogens with zero attached hydrogens (tertiary/aromatic N) is 5. The summed E-state index contributed by atoms with van der Waals surface area (Å²) >= 11 is 0. The Balaban J connectivity index is 1.64. The maximum absolute atomic E-state index is 13.8. The monoisotopic (exact) mass is 440 g/mol. The Morgan fingerprint density at radius 1 is 1.06 bits per heavy atom. The Hall–Kier alpha value is -3.66. The van der Waals surface area contributed by atoms with Crippen LogP contribution in [0.2, 0.25) is 0 Å². The van der Waals surface area contributed by atoms with Gasteiger partial charge in [-0.15, -0.1) is 10.2 Å². The van der Waals surface area contributed by atoms with Gasteiger partial charge in [0, 0.05) is 6.54 Å². The number of benzene rings is 2. The molecule has 0 saturated carbocycles. The van der Waals surface area contributed by atoms with Crippen molar-refractivity contribution in [1.29, 1.82) is 0 Å². The molecule has 4 rings (SSSR count). The highest BCUT2D eigenvalue weighted by Gasteiger charge is 2.19. The zero-order chi connectivity index (χ0) is 22.8. The average Bonchev–Trinajstić information content (AvgIpc) is 3.20. The Morgan fingerprint density at radius 3 is 2.47 bits per heavy atom. The molecule has 0 spiro atoms. The van der Waals surface area contributed by atoms with Crippen molar-refractivity contribution in [3.05, 3.63) is 70.3 Å². The number of carbonyl (C=O) groups is 1. The van der Waals surface area contributed by atoms with Gasteiger partial charge in [0.15, 0.2) is 5.82 Å². The number of anilines is 1. The van der Waals surface area contributed by atoms with Crippen LogP contribution in [0.3, 0.4) is 0 Å². The summed E-state index contributed by atoms with van der Waals surface area (Å²) in [6, 6.07) is 10.6. The van der Waals surface area contributed by atoms with Gasteiger partial charge in [-0.3, -0.25) is 23.5 Å². The van der Waals surface area contributed by atoms with Crippen molar-refractivity contribution in [2.45, 2.75) is 26.9 Å². The second-order valence-electron chi connectivity index (χ2n) is 7.27. The van der Waals surface area contributed by atoms with E-state index in [1.54, 1.807) is 26.0 Å². The van der Waals surface area contributed by atoms with Crippen LogP contribution in [0.5, 0.6) is 0 Å². The van der Waals surface area contributed by atoms with E-state index >= 15 is 0 Å². The highest BCUT2D eigenvalue weighted by Crippen LogP contribution is 2.18. The molecule has 0 fully saturated rings. The summed E-state index contributed by atoms with van der Waals surface area (Å²) in [5.74, 6) is -1.27. The number of halogens is 2. The van der Waals surface area contributed by atoms with Crippen LogP contribution in [-0.2, 0) is 17.9 Å². The van der Waals surface area contributed by atoms with Crippen LogP contribution in [0.25, 0.3) is 16.7 Å². The number of amides is 1. The van der Waals surface area contributed by atoms with Crippen LogP contribution in [0.1, 0.15) is 19.7 Å². The Morgan fingerprint density at radius 2 is 1.78 bits per heavy atom. The summed E-state index contributed by atoms with van der Waals surface area (Å²) in [6.07, 6.45) is 0. The molecule has 0 aliphatic rings. The number of nitrogens with one attached hydrogen (secondary N) is 1. The minimum Gasteiger partial charge on any atom is -0.320 e. The summed E-state index contributed by atoms with van der Waals surface area (Å²) in [4.78, 5) is 27.0. The minimum absolute atomic E-state index is 0.107. The predicted molar refractivity (Wildman–Crippen MR) is 116 cm³/mol. The van der Waals surface area contributed by atoms with Gasteiger partial charge in [-0.2, -0.15) is 0 Å². The molecule has 166 valence electrons. The molecule has 0 aliphatic heterocycles. The van der Waals surface area contributed by atoms with Crippen molar-refractivity contribution >= 4 is 28.3 Å². The highest BCUT2D eigenvalue weighted by molar-refractivity contribution is 5.92. The molecule has 0 bridgehead atoms. The van der Waals surface area contributed by atoms with E-state index in [0.29, 0.717) is 35.6 Å². The summed E-state index contributed by atoms with van der Waals surface area (Å²) in [6.45, 7) is 4.77. The van der Waals surface area contributed by atoms with Gasteiger partial charge < -0.3 is 5.32 Å². The lowest BCUT2D eigenvalue weighted by molar-refractivity contribution is -0.117. The molecule has 0 radical (unpaired) electrons. The zero-order valence-electron chi connectivity index (χ0n) is 17.7. The molecule has 0 saturated heterocycles. The van der Waals surface area contributed by atoms with E-state index in [0.717, 1.165) is 12.1 Å². The Kier molecular flexibility index (Phi) is 5.95. The maximum Gasteiger partial charge on any atom is 0.262 e. The molecule has 1 N–H and O–H groups in total. The summed E-state index contributed by atoms with van der Waals surface area (Å²) in [7, 11) is 0. The van der Waals surface area contributed by atoms with Crippen LogP contribution in [0.4, 0.5) is 14.5 Å². The molecule has 2 aromatic heterocycles. The molecule has 1 amide bonds. The van der Waals surface area contributed by atoms with E-state index < -0.39 is 23.2 Å². The van der Waals surface area contributed by atoms with Gasteiger partial charge in [0.05, 0.1) is 24.0 Å². The number of aromatic nitrogens is 4. The van der Waals surface area contributed by atoms with Crippen molar-refractivity contribution in [2.75, 3.05) is 18.4 Å². The SMILES string of the molecule is CCN(CC(=O)Nc1c(F)cccc1F)Cc1nnc2n(CC)c(=O)c3ccccc3n12. The quantitative estimate of drug-likeness (QED) is 0.478. The van der Waals surface area contributed by atoms with Gasteiger partial charge in [-0.1, -0.05) is 25.1 Å².